The van der Waals surface area contributed by atoms with Gasteiger partial charge in [-0.25, -0.2) is 0 Å². The highest BCUT2D eigenvalue weighted by atomic mass is 16.5. The van der Waals surface area contributed by atoms with Crippen LogP contribution < -0.4 is 5.32 Å². The first-order chi connectivity index (χ1) is 9.25. The first-order valence-corrected chi connectivity index (χ1v) is 7.01. The number of carbonyl (C=O) groups is 1. The molecule has 1 aliphatic rings. The van der Waals surface area contributed by atoms with Crippen molar-refractivity contribution >= 4 is 5.91 Å². The highest BCUT2D eigenvalue weighted by molar-refractivity contribution is 5.85. The minimum Gasteiger partial charge on any atom is -0.382 e. The number of ether oxygens (including phenoxy) is 2. The maximum atomic E-state index is 12.2. The molecule has 0 heterocycles. The van der Waals surface area contributed by atoms with E-state index in [0.717, 1.165) is 25.7 Å². The van der Waals surface area contributed by atoms with Crippen molar-refractivity contribution < 1.29 is 14.3 Å². The number of hydrogen-bond acceptors (Lipinski definition) is 4. The van der Waals surface area contributed by atoms with Crippen LogP contribution >= 0.6 is 0 Å². The number of amides is 1. The zero-order valence-electron chi connectivity index (χ0n) is 11.7. The van der Waals surface area contributed by atoms with Gasteiger partial charge in [-0.15, -0.1) is 0 Å². The molecule has 0 bridgehead atoms. The maximum absolute atomic E-state index is 12.2. The molecular formula is C14H24N2O3. The van der Waals surface area contributed by atoms with Gasteiger partial charge in [-0.1, -0.05) is 25.7 Å². The fourth-order valence-corrected chi connectivity index (χ4v) is 2.37. The van der Waals surface area contributed by atoms with Crippen LogP contribution in [0.2, 0.25) is 0 Å². The van der Waals surface area contributed by atoms with Crippen LogP contribution in [0.25, 0.3) is 0 Å². The Labute approximate surface area is 115 Å². The minimum absolute atomic E-state index is 0.132. The van der Waals surface area contributed by atoms with E-state index < -0.39 is 5.41 Å². The average Bonchev–Trinajstić information content (AvgIpc) is 2.68. The highest BCUT2D eigenvalue weighted by Gasteiger charge is 2.38. The van der Waals surface area contributed by atoms with E-state index in [1.807, 2.05) is 0 Å². The van der Waals surface area contributed by atoms with Crippen LogP contribution in [-0.4, -0.2) is 39.4 Å². The van der Waals surface area contributed by atoms with E-state index in [1.165, 1.54) is 0 Å². The van der Waals surface area contributed by atoms with Crippen molar-refractivity contribution in [1.29, 1.82) is 5.26 Å². The summed E-state index contributed by atoms with van der Waals surface area (Å²) >= 11 is 0. The van der Waals surface area contributed by atoms with Gasteiger partial charge in [0.25, 0.3) is 0 Å². The van der Waals surface area contributed by atoms with Gasteiger partial charge in [0, 0.05) is 13.7 Å². The summed E-state index contributed by atoms with van der Waals surface area (Å²) in [6, 6.07) is 2.25. The molecule has 1 amide bonds. The first-order valence-electron chi connectivity index (χ1n) is 7.01. The molecule has 0 aromatic heterocycles. The second-order valence-corrected chi connectivity index (χ2v) is 4.97. The first kappa shape index (κ1) is 15.9. The molecule has 5 nitrogen and oxygen atoms in total. The van der Waals surface area contributed by atoms with Gasteiger partial charge in [0.15, 0.2) is 0 Å². The van der Waals surface area contributed by atoms with Gasteiger partial charge in [-0.3, -0.25) is 4.79 Å². The molecule has 0 unspecified atom stereocenters. The Bertz CT molecular complexity index is 304. The SMILES string of the molecule is COCCOCCNC(=O)C1(C#N)CCCCCC1. The second-order valence-electron chi connectivity index (χ2n) is 4.97. The van der Waals surface area contributed by atoms with Crippen molar-refractivity contribution in [2.24, 2.45) is 5.41 Å². The van der Waals surface area contributed by atoms with E-state index in [2.05, 4.69) is 11.4 Å². The van der Waals surface area contributed by atoms with Crippen LogP contribution in [0.15, 0.2) is 0 Å². The largest absolute Gasteiger partial charge is 0.382 e. The molecule has 0 aromatic rings. The Hall–Kier alpha value is -1.12. The highest BCUT2D eigenvalue weighted by Crippen LogP contribution is 2.34. The summed E-state index contributed by atoms with van der Waals surface area (Å²) in [5.74, 6) is -0.132. The summed E-state index contributed by atoms with van der Waals surface area (Å²) in [7, 11) is 1.62. The topological polar surface area (TPSA) is 71.3 Å². The van der Waals surface area contributed by atoms with Crippen molar-refractivity contribution in [3.63, 3.8) is 0 Å². The molecule has 1 fully saturated rings. The summed E-state index contributed by atoms with van der Waals surface area (Å²) < 4.78 is 10.1. The summed E-state index contributed by atoms with van der Waals surface area (Å²) in [6.45, 7) is 1.98. The van der Waals surface area contributed by atoms with Crippen LogP contribution in [0.4, 0.5) is 0 Å². The lowest BCUT2D eigenvalue weighted by Crippen LogP contribution is -2.41. The van der Waals surface area contributed by atoms with Crippen LogP contribution in [0.5, 0.6) is 0 Å². The Kier molecular flexibility index (Phi) is 7.46. The van der Waals surface area contributed by atoms with Gasteiger partial charge >= 0.3 is 0 Å². The fraction of sp³-hybridized carbons (Fsp3) is 0.857. The lowest BCUT2D eigenvalue weighted by Gasteiger charge is -2.23. The van der Waals surface area contributed by atoms with Gasteiger partial charge in [-0.05, 0) is 12.8 Å². The maximum Gasteiger partial charge on any atom is 0.240 e. The Morgan fingerprint density at radius 3 is 2.47 bits per heavy atom. The zero-order chi connectivity index (χ0) is 14.0. The van der Waals surface area contributed by atoms with E-state index in [0.29, 0.717) is 39.2 Å². The smallest absolute Gasteiger partial charge is 0.240 e. The lowest BCUT2D eigenvalue weighted by molar-refractivity contribution is -0.129. The molecule has 5 heteroatoms. The number of rotatable bonds is 7. The molecule has 0 aliphatic heterocycles. The number of hydrogen-bond donors (Lipinski definition) is 1. The van der Waals surface area contributed by atoms with Crippen LogP contribution in [0, 0.1) is 16.7 Å². The van der Waals surface area contributed by atoms with Crippen molar-refractivity contribution in [2.45, 2.75) is 38.5 Å². The number of carbonyl (C=O) groups excluding carboxylic acids is 1. The summed E-state index contributed by atoms with van der Waals surface area (Å²) in [5, 5.41) is 12.2. The Morgan fingerprint density at radius 1 is 1.21 bits per heavy atom. The Morgan fingerprint density at radius 2 is 1.89 bits per heavy atom. The summed E-state index contributed by atoms with van der Waals surface area (Å²) in [5.41, 5.74) is -0.816. The van der Waals surface area contributed by atoms with E-state index in [9.17, 15) is 10.1 Å². The molecule has 0 aromatic carbocycles. The molecule has 1 saturated carbocycles. The van der Waals surface area contributed by atoms with Crippen LogP contribution in [0.1, 0.15) is 38.5 Å². The second kappa shape index (κ2) is 8.89. The number of nitrogens with one attached hydrogen (secondary N) is 1. The van der Waals surface area contributed by atoms with E-state index in [-0.39, 0.29) is 5.91 Å². The van der Waals surface area contributed by atoms with Gasteiger partial charge < -0.3 is 14.8 Å². The van der Waals surface area contributed by atoms with Crippen molar-refractivity contribution in [3.8, 4) is 6.07 Å². The minimum atomic E-state index is -0.816. The van der Waals surface area contributed by atoms with Gasteiger partial charge in [0.2, 0.25) is 5.91 Å². The molecule has 19 heavy (non-hydrogen) atoms. The van der Waals surface area contributed by atoms with E-state index in [4.69, 9.17) is 9.47 Å². The normalized spacial score (nSPS) is 18.3. The summed E-state index contributed by atoms with van der Waals surface area (Å²) in [6.07, 6.45) is 5.53. The summed E-state index contributed by atoms with van der Waals surface area (Å²) in [4.78, 5) is 12.2. The average molecular weight is 268 g/mol. The zero-order valence-corrected chi connectivity index (χ0v) is 11.7. The standard InChI is InChI=1S/C14H24N2O3/c1-18-10-11-19-9-8-16-13(17)14(12-15)6-4-2-3-5-7-14/h2-11H2,1H3,(H,16,17). The third kappa shape index (κ3) is 5.17. The number of nitrogens with zero attached hydrogens (tertiary/aromatic N) is 1. The van der Waals surface area contributed by atoms with Crippen molar-refractivity contribution in [3.05, 3.63) is 0 Å². The van der Waals surface area contributed by atoms with Crippen molar-refractivity contribution in [1.82, 2.24) is 5.32 Å². The van der Waals surface area contributed by atoms with Gasteiger partial charge in [-0.2, -0.15) is 5.26 Å². The predicted octanol–water partition coefficient (Wildman–Crippen LogP) is 1.63. The molecule has 0 atom stereocenters. The third-order valence-corrected chi connectivity index (χ3v) is 3.57. The predicted molar refractivity (Wildman–Crippen MR) is 71.5 cm³/mol. The monoisotopic (exact) mass is 268 g/mol. The Balaban J connectivity index is 2.31. The molecule has 1 aliphatic carbocycles. The van der Waals surface area contributed by atoms with Crippen LogP contribution in [0.3, 0.4) is 0 Å². The van der Waals surface area contributed by atoms with Crippen LogP contribution in [-0.2, 0) is 14.3 Å². The van der Waals surface area contributed by atoms with E-state index >= 15 is 0 Å². The van der Waals surface area contributed by atoms with E-state index in [1.54, 1.807) is 7.11 Å². The third-order valence-electron chi connectivity index (χ3n) is 3.57. The van der Waals surface area contributed by atoms with Gasteiger partial charge in [0.1, 0.15) is 5.41 Å². The number of methoxy groups -OCH3 is 1. The molecule has 0 saturated heterocycles. The lowest BCUT2D eigenvalue weighted by atomic mass is 9.81. The molecular weight excluding hydrogens is 244 g/mol. The molecule has 1 N–H and O–H groups in total. The molecule has 0 radical (unpaired) electrons. The van der Waals surface area contributed by atoms with Crippen molar-refractivity contribution in [2.75, 3.05) is 33.5 Å². The quantitative estimate of drug-likeness (QED) is 0.562. The molecule has 1 rings (SSSR count). The molecule has 0 spiro atoms. The molecule has 108 valence electrons. The number of nitriles is 1. The fourth-order valence-electron chi connectivity index (χ4n) is 2.37. The van der Waals surface area contributed by atoms with Gasteiger partial charge in [0.05, 0.1) is 25.9 Å².